The van der Waals surface area contributed by atoms with E-state index in [0.717, 1.165) is 0 Å². The number of aromatic nitrogens is 2. The number of anilines is 1. The van der Waals surface area contributed by atoms with Crippen LogP contribution in [0.2, 0.25) is 0 Å². The summed E-state index contributed by atoms with van der Waals surface area (Å²) in [5, 5.41) is 3.37. The molecule has 1 aromatic rings. The lowest BCUT2D eigenvalue weighted by molar-refractivity contribution is 0.411. The molecule has 0 aromatic carbocycles. The molecule has 4 heteroatoms. The van der Waals surface area contributed by atoms with Crippen LogP contribution in [0.4, 0.5) is 5.95 Å². The van der Waals surface area contributed by atoms with Gasteiger partial charge in [-0.2, -0.15) is 0 Å². The Bertz CT molecular complexity index is 370. The molecule has 0 atom stereocenters. The molecular weight excluding hydrogens is 202 g/mol. The van der Waals surface area contributed by atoms with Crippen molar-refractivity contribution in [3.8, 4) is 5.75 Å². The van der Waals surface area contributed by atoms with Crippen LogP contribution in [0.1, 0.15) is 27.7 Å². The van der Waals surface area contributed by atoms with Gasteiger partial charge in [0.05, 0.1) is 19.5 Å². The standard InChI is InChI=1S/C12H19N3O/c1-11(2)9(12(11,3)4)15-10-13-6-8(16-5)7-14-10/h6-7,9H,1-5H3,(H,13,14,15). The average Bonchev–Trinajstić information content (AvgIpc) is 2.62. The minimum atomic E-state index is 0.288. The van der Waals surface area contributed by atoms with Gasteiger partial charge in [0.15, 0.2) is 5.75 Å². The van der Waals surface area contributed by atoms with Crippen molar-refractivity contribution in [2.45, 2.75) is 33.7 Å². The Morgan fingerprint density at radius 3 is 2.00 bits per heavy atom. The van der Waals surface area contributed by atoms with E-state index in [1.54, 1.807) is 19.5 Å². The zero-order chi connectivity index (χ0) is 12.0. The zero-order valence-corrected chi connectivity index (χ0v) is 10.5. The molecule has 0 saturated heterocycles. The molecule has 1 aliphatic rings. The highest BCUT2D eigenvalue weighted by Crippen LogP contribution is 2.63. The molecule has 0 aliphatic heterocycles. The molecule has 0 amide bonds. The smallest absolute Gasteiger partial charge is 0.223 e. The lowest BCUT2D eigenvalue weighted by Gasteiger charge is -2.06. The summed E-state index contributed by atoms with van der Waals surface area (Å²) in [6, 6.07) is 0.424. The fourth-order valence-electron chi connectivity index (χ4n) is 2.18. The highest BCUT2D eigenvalue weighted by molar-refractivity contribution is 5.36. The molecular formula is C12H19N3O. The lowest BCUT2D eigenvalue weighted by atomic mass is 10.0. The Kier molecular flexibility index (Phi) is 2.33. The first kappa shape index (κ1) is 11.2. The number of hydrogen-bond acceptors (Lipinski definition) is 4. The first-order chi connectivity index (χ1) is 7.39. The fraction of sp³-hybridized carbons (Fsp3) is 0.667. The molecule has 1 N–H and O–H groups in total. The predicted molar refractivity (Wildman–Crippen MR) is 63.6 cm³/mol. The second-order valence-electron chi connectivity index (χ2n) is 5.47. The summed E-state index contributed by atoms with van der Waals surface area (Å²) in [7, 11) is 1.61. The average molecular weight is 221 g/mol. The molecule has 1 fully saturated rings. The SMILES string of the molecule is COc1cnc(NC2C(C)(C)C2(C)C)nc1. The zero-order valence-electron chi connectivity index (χ0n) is 10.5. The Hall–Kier alpha value is -1.32. The summed E-state index contributed by atoms with van der Waals surface area (Å²) in [6.07, 6.45) is 3.36. The van der Waals surface area contributed by atoms with Crippen molar-refractivity contribution in [2.24, 2.45) is 10.8 Å². The minimum absolute atomic E-state index is 0.288. The maximum Gasteiger partial charge on any atom is 0.223 e. The van der Waals surface area contributed by atoms with Crippen LogP contribution in [-0.2, 0) is 0 Å². The van der Waals surface area contributed by atoms with Crippen LogP contribution in [-0.4, -0.2) is 23.1 Å². The summed E-state index contributed by atoms with van der Waals surface area (Å²) >= 11 is 0. The monoisotopic (exact) mass is 221 g/mol. The van der Waals surface area contributed by atoms with Gasteiger partial charge in [-0.05, 0) is 10.8 Å². The maximum absolute atomic E-state index is 5.02. The maximum atomic E-state index is 5.02. The number of methoxy groups -OCH3 is 1. The minimum Gasteiger partial charge on any atom is -0.494 e. The van der Waals surface area contributed by atoms with Gasteiger partial charge in [-0.3, -0.25) is 0 Å². The molecule has 4 nitrogen and oxygen atoms in total. The third-order valence-corrected chi connectivity index (χ3v) is 4.16. The molecule has 0 unspecified atom stereocenters. The third kappa shape index (κ3) is 1.52. The van der Waals surface area contributed by atoms with Crippen LogP contribution in [0.5, 0.6) is 5.75 Å². The van der Waals surface area contributed by atoms with Crippen LogP contribution < -0.4 is 10.1 Å². The fourth-order valence-corrected chi connectivity index (χ4v) is 2.18. The van der Waals surface area contributed by atoms with E-state index in [-0.39, 0.29) is 10.8 Å². The number of hydrogen-bond donors (Lipinski definition) is 1. The van der Waals surface area contributed by atoms with E-state index < -0.39 is 0 Å². The lowest BCUT2D eigenvalue weighted by Crippen LogP contribution is -2.12. The number of nitrogens with one attached hydrogen (secondary N) is 1. The molecule has 1 aromatic heterocycles. The van der Waals surface area contributed by atoms with E-state index in [2.05, 4.69) is 43.0 Å². The molecule has 1 heterocycles. The number of rotatable bonds is 3. The van der Waals surface area contributed by atoms with Gasteiger partial charge >= 0.3 is 0 Å². The largest absolute Gasteiger partial charge is 0.494 e. The molecule has 0 radical (unpaired) electrons. The van der Waals surface area contributed by atoms with E-state index >= 15 is 0 Å². The topological polar surface area (TPSA) is 47.0 Å². The second-order valence-corrected chi connectivity index (χ2v) is 5.47. The summed E-state index contributed by atoms with van der Waals surface area (Å²) < 4.78 is 5.02. The molecule has 16 heavy (non-hydrogen) atoms. The quantitative estimate of drug-likeness (QED) is 0.851. The van der Waals surface area contributed by atoms with Crippen molar-refractivity contribution < 1.29 is 4.74 Å². The van der Waals surface area contributed by atoms with Crippen LogP contribution in [0, 0.1) is 10.8 Å². The molecule has 0 bridgehead atoms. The summed E-state index contributed by atoms with van der Waals surface area (Å²) in [5.74, 6) is 1.35. The van der Waals surface area contributed by atoms with Crippen molar-refractivity contribution in [1.29, 1.82) is 0 Å². The van der Waals surface area contributed by atoms with Crippen LogP contribution in [0.15, 0.2) is 12.4 Å². The highest BCUT2D eigenvalue weighted by atomic mass is 16.5. The second kappa shape index (κ2) is 3.34. The molecule has 2 rings (SSSR count). The van der Waals surface area contributed by atoms with Gasteiger partial charge in [0.25, 0.3) is 0 Å². The van der Waals surface area contributed by atoms with Gasteiger partial charge < -0.3 is 10.1 Å². The molecule has 0 spiro atoms. The molecule has 1 saturated carbocycles. The van der Waals surface area contributed by atoms with Gasteiger partial charge in [0.1, 0.15) is 0 Å². The summed E-state index contributed by atoms with van der Waals surface area (Å²) in [4.78, 5) is 8.43. The summed E-state index contributed by atoms with van der Waals surface area (Å²) in [6.45, 7) is 9.03. The first-order valence-electron chi connectivity index (χ1n) is 5.52. The van der Waals surface area contributed by atoms with Gasteiger partial charge in [0, 0.05) is 6.04 Å². The van der Waals surface area contributed by atoms with Crippen LogP contribution in [0.3, 0.4) is 0 Å². The van der Waals surface area contributed by atoms with E-state index in [9.17, 15) is 0 Å². The van der Waals surface area contributed by atoms with E-state index in [0.29, 0.717) is 17.7 Å². The van der Waals surface area contributed by atoms with E-state index in [4.69, 9.17) is 4.74 Å². The van der Waals surface area contributed by atoms with Crippen molar-refractivity contribution in [1.82, 2.24) is 9.97 Å². The molecule has 1 aliphatic carbocycles. The highest BCUT2D eigenvalue weighted by Gasteiger charge is 2.65. The third-order valence-electron chi connectivity index (χ3n) is 4.16. The van der Waals surface area contributed by atoms with E-state index in [1.807, 2.05) is 0 Å². The van der Waals surface area contributed by atoms with Gasteiger partial charge in [0.2, 0.25) is 5.95 Å². The number of ether oxygens (including phenoxy) is 1. The normalized spacial score (nSPS) is 21.6. The van der Waals surface area contributed by atoms with Gasteiger partial charge in [-0.15, -0.1) is 0 Å². The van der Waals surface area contributed by atoms with Crippen LogP contribution in [0.25, 0.3) is 0 Å². The van der Waals surface area contributed by atoms with Gasteiger partial charge in [-0.1, -0.05) is 27.7 Å². The number of nitrogens with zero attached hydrogens (tertiary/aromatic N) is 2. The first-order valence-corrected chi connectivity index (χ1v) is 5.52. The van der Waals surface area contributed by atoms with Crippen molar-refractivity contribution in [2.75, 3.05) is 12.4 Å². The molecule has 88 valence electrons. The summed E-state index contributed by atoms with van der Waals surface area (Å²) in [5.41, 5.74) is 0.576. The Morgan fingerprint density at radius 1 is 1.12 bits per heavy atom. The Labute approximate surface area is 96.4 Å². The predicted octanol–water partition coefficient (Wildman–Crippen LogP) is 2.33. The Balaban J connectivity index is 2.06. The van der Waals surface area contributed by atoms with Crippen molar-refractivity contribution in [3.63, 3.8) is 0 Å². The van der Waals surface area contributed by atoms with Crippen LogP contribution >= 0.6 is 0 Å². The van der Waals surface area contributed by atoms with Gasteiger partial charge in [-0.25, -0.2) is 9.97 Å². The Morgan fingerprint density at radius 2 is 1.62 bits per heavy atom. The van der Waals surface area contributed by atoms with Crippen molar-refractivity contribution in [3.05, 3.63) is 12.4 Å². The van der Waals surface area contributed by atoms with Crippen molar-refractivity contribution >= 4 is 5.95 Å². The van der Waals surface area contributed by atoms with E-state index in [1.165, 1.54) is 0 Å².